The molecule has 0 unspecified atom stereocenters. The summed E-state index contributed by atoms with van der Waals surface area (Å²) in [7, 11) is -3.76. The number of fused-ring (bicyclic) bond motifs is 1. The number of ketones is 1. The van der Waals surface area contributed by atoms with Crippen LogP contribution in [0.2, 0.25) is 0 Å². The Balaban J connectivity index is 1.47. The maximum Gasteiger partial charge on any atom is 0.287 e. The molecular formula is C23H18N2O5S. The van der Waals surface area contributed by atoms with E-state index in [0.29, 0.717) is 11.1 Å². The van der Waals surface area contributed by atoms with Crippen molar-refractivity contribution >= 4 is 32.5 Å². The Kier molecular flexibility index (Phi) is 5.39. The van der Waals surface area contributed by atoms with Crippen LogP contribution >= 0.6 is 0 Å². The first-order valence-corrected chi connectivity index (χ1v) is 10.9. The first kappa shape index (κ1) is 20.5. The molecule has 7 nitrogen and oxygen atoms in total. The molecule has 0 spiro atoms. The molecule has 0 aliphatic carbocycles. The van der Waals surface area contributed by atoms with Crippen LogP contribution in [0.4, 0.5) is 0 Å². The first-order chi connectivity index (χ1) is 14.8. The fraction of sp³-hybridized carbons (Fsp3) is 0.0870. The molecule has 0 aliphatic rings. The van der Waals surface area contributed by atoms with E-state index < -0.39 is 9.84 Å². The lowest BCUT2D eigenvalue weighted by atomic mass is 10.2. The molecule has 0 saturated heterocycles. The van der Waals surface area contributed by atoms with Gasteiger partial charge < -0.3 is 9.73 Å². The van der Waals surface area contributed by atoms with E-state index >= 15 is 0 Å². The van der Waals surface area contributed by atoms with E-state index in [1.54, 1.807) is 42.6 Å². The zero-order valence-corrected chi connectivity index (χ0v) is 17.3. The Hall–Kier alpha value is -3.78. The molecule has 0 radical (unpaired) electrons. The van der Waals surface area contributed by atoms with Gasteiger partial charge in [-0.2, -0.15) is 0 Å². The minimum absolute atomic E-state index is 0.0561. The number of nitrogens with one attached hydrogen (secondary N) is 1. The maximum atomic E-state index is 12.9. The van der Waals surface area contributed by atoms with Gasteiger partial charge in [-0.15, -0.1) is 0 Å². The summed E-state index contributed by atoms with van der Waals surface area (Å²) in [6.45, 7) is 1.59. The van der Waals surface area contributed by atoms with E-state index in [9.17, 15) is 18.0 Å². The Morgan fingerprint density at radius 1 is 1.00 bits per heavy atom. The van der Waals surface area contributed by atoms with Gasteiger partial charge in [-0.3, -0.25) is 14.6 Å². The van der Waals surface area contributed by atoms with Crippen LogP contribution in [-0.2, 0) is 16.4 Å². The number of benzene rings is 2. The molecule has 156 valence electrons. The van der Waals surface area contributed by atoms with Gasteiger partial charge in [0.25, 0.3) is 5.91 Å². The van der Waals surface area contributed by atoms with Gasteiger partial charge in [0.1, 0.15) is 0 Å². The lowest BCUT2D eigenvalue weighted by Crippen LogP contribution is -2.22. The predicted octanol–water partition coefficient (Wildman–Crippen LogP) is 3.79. The molecule has 4 aromatic rings. The first-order valence-electron chi connectivity index (χ1n) is 9.41. The second-order valence-corrected chi connectivity index (χ2v) is 8.89. The van der Waals surface area contributed by atoms with Crippen molar-refractivity contribution in [1.29, 1.82) is 0 Å². The van der Waals surface area contributed by atoms with Gasteiger partial charge >= 0.3 is 0 Å². The zero-order valence-electron chi connectivity index (χ0n) is 16.5. The van der Waals surface area contributed by atoms with Crippen LogP contribution in [0.3, 0.4) is 0 Å². The van der Waals surface area contributed by atoms with Gasteiger partial charge in [0.15, 0.2) is 17.1 Å². The summed E-state index contributed by atoms with van der Waals surface area (Å²) in [5.74, 6) is -0.412. The number of hydrogen-bond acceptors (Lipinski definition) is 6. The molecule has 0 saturated carbocycles. The summed E-state index contributed by atoms with van der Waals surface area (Å²) >= 11 is 0. The highest BCUT2D eigenvalue weighted by molar-refractivity contribution is 7.91. The van der Waals surface area contributed by atoms with E-state index in [2.05, 4.69) is 10.3 Å². The van der Waals surface area contributed by atoms with Gasteiger partial charge in [-0.25, -0.2) is 8.42 Å². The molecule has 0 aliphatic heterocycles. The van der Waals surface area contributed by atoms with Crippen molar-refractivity contribution in [2.24, 2.45) is 0 Å². The van der Waals surface area contributed by atoms with Gasteiger partial charge in [-0.05, 0) is 48.9 Å². The van der Waals surface area contributed by atoms with Crippen molar-refractivity contribution in [2.45, 2.75) is 23.3 Å². The van der Waals surface area contributed by atoms with Gasteiger partial charge in [-0.1, -0.05) is 24.3 Å². The van der Waals surface area contributed by atoms with Crippen LogP contribution in [0.15, 0.2) is 87.3 Å². The summed E-state index contributed by atoms with van der Waals surface area (Å²) in [4.78, 5) is 28.0. The maximum absolute atomic E-state index is 12.9. The number of pyridine rings is 1. The standard InChI is InChI=1S/C23H18N2O5S/c1-15(26)17-3-2-4-20(11-17)31(28,29)19-7-5-16(6-8-19)13-25-23(27)21-12-18-9-10-24-14-22(18)30-21/h2-12,14H,13H2,1H3,(H,25,27). The van der Waals surface area contributed by atoms with Crippen molar-refractivity contribution < 1.29 is 22.4 Å². The topological polar surface area (TPSA) is 106 Å². The third kappa shape index (κ3) is 4.24. The molecule has 4 rings (SSSR count). The Labute approximate surface area is 178 Å². The third-order valence-electron chi connectivity index (χ3n) is 4.78. The average molecular weight is 434 g/mol. The number of rotatable bonds is 6. The second kappa shape index (κ2) is 8.16. The molecule has 1 N–H and O–H groups in total. The molecule has 8 heteroatoms. The van der Waals surface area contributed by atoms with Crippen molar-refractivity contribution in [3.05, 3.63) is 89.9 Å². The molecule has 2 aromatic carbocycles. The molecule has 1 amide bonds. The summed E-state index contributed by atoms with van der Waals surface area (Å²) in [6.07, 6.45) is 3.16. The van der Waals surface area contributed by atoms with Crippen molar-refractivity contribution in [3.63, 3.8) is 0 Å². The average Bonchev–Trinajstić information content (AvgIpc) is 3.22. The van der Waals surface area contributed by atoms with Crippen LogP contribution < -0.4 is 5.32 Å². The van der Waals surface area contributed by atoms with Crippen molar-refractivity contribution in [3.8, 4) is 0 Å². The number of sulfone groups is 1. The smallest absolute Gasteiger partial charge is 0.287 e. The van der Waals surface area contributed by atoms with Crippen molar-refractivity contribution in [1.82, 2.24) is 10.3 Å². The highest BCUT2D eigenvalue weighted by Gasteiger charge is 2.19. The second-order valence-electron chi connectivity index (χ2n) is 6.94. The quantitative estimate of drug-likeness (QED) is 0.463. The number of carbonyl (C=O) groups excluding carboxylic acids is 2. The van der Waals surface area contributed by atoms with Crippen molar-refractivity contribution in [2.75, 3.05) is 0 Å². The fourth-order valence-corrected chi connectivity index (χ4v) is 4.38. The minimum atomic E-state index is -3.76. The fourth-order valence-electron chi connectivity index (χ4n) is 3.07. The Morgan fingerprint density at radius 3 is 2.48 bits per heavy atom. The number of amides is 1. The predicted molar refractivity (Wildman–Crippen MR) is 114 cm³/mol. The Bertz CT molecular complexity index is 1360. The van der Waals surface area contributed by atoms with Crippen LogP contribution in [0.25, 0.3) is 11.0 Å². The third-order valence-corrected chi connectivity index (χ3v) is 6.55. The van der Waals surface area contributed by atoms with Gasteiger partial charge in [0.2, 0.25) is 9.84 Å². The number of Topliss-reactive ketones (excluding diaryl/α,β-unsaturated/α-hetero) is 1. The van der Waals surface area contributed by atoms with E-state index in [0.717, 1.165) is 10.9 Å². The minimum Gasteiger partial charge on any atom is -0.449 e. The SMILES string of the molecule is CC(=O)c1cccc(S(=O)(=O)c2ccc(CNC(=O)c3cc4ccncc4o3)cc2)c1. The van der Waals surface area contributed by atoms with E-state index in [4.69, 9.17) is 4.42 Å². The number of aromatic nitrogens is 1. The molecule has 0 bridgehead atoms. The van der Waals surface area contributed by atoms with Gasteiger partial charge in [0, 0.05) is 23.7 Å². The van der Waals surface area contributed by atoms with E-state index in [1.165, 1.54) is 37.4 Å². The van der Waals surface area contributed by atoms with E-state index in [-0.39, 0.29) is 33.8 Å². The largest absolute Gasteiger partial charge is 0.449 e. The highest BCUT2D eigenvalue weighted by Crippen LogP contribution is 2.22. The normalized spacial score (nSPS) is 11.4. The lowest BCUT2D eigenvalue weighted by Gasteiger charge is -2.08. The van der Waals surface area contributed by atoms with Gasteiger partial charge in [0.05, 0.1) is 16.0 Å². The van der Waals surface area contributed by atoms with Crippen LogP contribution in [0.5, 0.6) is 0 Å². The molecule has 2 heterocycles. The molecular weight excluding hydrogens is 416 g/mol. The lowest BCUT2D eigenvalue weighted by molar-refractivity contribution is 0.0924. The number of carbonyl (C=O) groups is 2. The number of furan rings is 1. The molecule has 2 aromatic heterocycles. The number of hydrogen-bond donors (Lipinski definition) is 1. The number of nitrogens with zero attached hydrogens (tertiary/aromatic N) is 1. The van der Waals surface area contributed by atoms with Crippen LogP contribution in [0.1, 0.15) is 33.4 Å². The van der Waals surface area contributed by atoms with E-state index in [1.807, 2.05) is 0 Å². The summed E-state index contributed by atoms with van der Waals surface area (Å²) in [6, 6.07) is 15.5. The molecule has 31 heavy (non-hydrogen) atoms. The summed E-state index contributed by atoms with van der Waals surface area (Å²) < 4.78 is 31.2. The summed E-state index contributed by atoms with van der Waals surface area (Å²) in [5, 5.41) is 3.53. The van der Waals surface area contributed by atoms with Crippen LogP contribution in [0, 0.1) is 0 Å². The Morgan fingerprint density at radius 2 is 1.77 bits per heavy atom. The van der Waals surface area contributed by atoms with Crippen LogP contribution in [-0.4, -0.2) is 25.1 Å². The summed E-state index contributed by atoms with van der Waals surface area (Å²) in [5.41, 5.74) is 1.58. The molecule has 0 fully saturated rings. The highest BCUT2D eigenvalue weighted by atomic mass is 32.2. The monoisotopic (exact) mass is 434 g/mol. The molecule has 0 atom stereocenters. The zero-order chi connectivity index (χ0) is 22.0.